The number of aromatic nitrogens is 2. The molecule has 43 heavy (non-hydrogen) atoms. The molecule has 11 heteroatoms. The van der Waals surface area contributed by atoms with E-state index in [-0.39, 0.29) is 22.8 Å². The topological polar surface area (TPSA) is 142 Å². The summed E-state index contributed by atoms with van der Waals surface area (Å²) in [6, 6.07) is 22.5. The molecule has 3 aromatic carbocycles. The van der Waals surface area contributed by atoms with Gasteiger partial charge in [-0.2, -0.15) is 8.42 Å². The lowest BCUT2D eigenvalue weighted by Gasteiger charge is -2.25. The minimum Gasteiger partial charge on any atom is -0.497 e. The molecule has 0 unspecified atom stereocenters. The van der Waals surface area contributed by atoms with E-state index in [2.05, 4.69) is 27.1 Å². The number of carboxylic acids is 1. The number of ether oxygens (including phenoxy) is 1. The molecule has 10 nitrogen and oxygen atoms in total. The van der Waals surface area contributed by atoms with Gasteiger partial charge in [0.25, 0.3) is 0 Å². The van der Waals surface area contributed by atoms with Crippen molar-refractivity contribution in [2.24, 2.45) is 0 Å². The number of carbonyl (C=O) groups is 1. The van der Waals surface area contributed by atoms with Crippen molar-refractivity contribution in [3.8, 4) is 17.6 Å². The fraction of sp³-hybridized carbons (Fsp3) is 0.0938. The Morgan fingerprint density at radius 3 is 2.49 bits per heavy atom. The molecule has 0 aliphatic rings. The molecule has 0 aliphatic carbocycles. The van der Waals surface area contributed by atoms with E-state index < -0.39 is 16.3 Å². The Morgan fingerprint density at radius 1 is 1.00 bits per heavy atom. The van der Waals surface area contributed by atoms with Crippen LogP contribution in [-0.2, 0) is 16.8 Å². The second-order valence-corrected chi connectivity index (χ2v) is 10.7. The van der Waals surface area contributed by atoms with E-state index in [0.717, 1.165) is 9.87 Å². The third-order valence-corrected chi connectivity index (χ3v) is 7.42. The maximum Gasteiger partial charge on any atom is 0.364 e. The van der Waals surface area contributed by atoms with E-state index in [4.69, 9.17) is 4.74 Å². The lowest BCUT2D eigenvalue weighted by Crippen LogP contribution is -2.27. The van der Waals surface area contributed by atoms with Crippen LogP contribution in [0, 0.1) is 18.8 Å². The lowest BCUT2D eigenvalue weighted by atomic mass is 10.1. The number of carboxylic acid groups (broad SMARTS) is 1. The van der Waals surface area contributed by atoms with Gasteiger partial charge >= 0.3 is 16.3 Å². The number of hydrogen-bond donors (Lipinski definition) is 3. The predicted molar refractivity (Wildman–Crippen MR) is 164 cm³/mol. The number of anilines is 3. The molecule has 0 atom stereocenters. The fourth-order valence-corrected chi connectivity index (χ4v) is 5.39. The highest BCUT2D eigenvalue weighted by Crippen LogP contribution is 2.37. The van der Waals surface area contributed by atoms with Gasteiger partial charge in [-0.05, 0) is 54.4 Å². The molecule has 2 heterocycles. The third kappa shape index (κ3) is 6.41. The standard InChI is InChI=1S/C32H26N4O6S/c1-21-9-13-25-7-5-17-33-29(25)31(21)36(43(39,40)41)28-8-4-3-6-24(28)14-10-23-18-27(30(32(37)38)35-20-23)34-19-22-11-15-26(42-2)16-12-22/h3-9,11-13,15-18,20,34H,19H2,1-2H3,(H,37,38)(H,39,40,41). The summed E-state index contributed by atoms with van der Waals surface area (Å²) in [4.78, 5) is 20.3. The average Bonchev–Trinajstić information content (AvgIpc) is 3.00. The molecule has 3 N–H and O–H groups in total. The predicted octanol–water partition coefficient (Wildman–Crippen LogP) is 5.60. The van der Waals surface area contributed by atoms with Crippen LogP contribution in [-0.4, -0.2) is 41.1 Å². The second-order valence-electron chi connectivity index (χ2n) is 9.44. The number of fused-ring (bicyclic) bond motifs is 1. The van der Waals surface area contributed by atoms with E-state index in [9.17, 15) is 22.9 Å². The number of rotatable bonds is 8. The normalized spacial score (nSPS) is 11.0. The van der Waals surface area contributed by atoms with Crippen LogP contribution >= 0.6 is 0 Å². The number of methoxy groups -OCH3 is 1. The smallest absolute Gasteiger partial charge is 0.364 e. The zero-order chi connectivity index (χ0) is 30.6. The van der Waals surface area contributed by atoms with Gasteiger partial charge in [0.15, 0.2) is 5.69 Å². The molecule has 0 bridgehead atoms. The summed E-state index contributed by atoms with van der Waals surface area (Å²) in [5.41, 5.74) is 2.96. The van der Waals surface area contributed by atoms with E-state index in [1.54, 1.807) is 74.8 Å². The average molecular weight is 595 g/mol. The van der Waals surface area contributed by atoms with E-state index >= 15 is 0 Å². The monoisotopic (exact) mass is 594 g/mol. The zero-order valence-electron chi connectivity index (χ0n) is 23.1. The summed E-state index contributed by atoms with van der Waals surface area (Å²) in [6.45, 7) is 2.06. The van der Waals surface area contributed by atoms with Gasteiger partial charge in [0, 0.05) is 35.5 Å². The van der Waals surface area contributed by atoms with Crippen molar-refractivity contribution in [2.45, 2.75) is 13.5 Å². The minimum absolute atomic E-state index is 0.117. The van der Waals surface area contributed by atoms with E-state index in [1.165, 1.54) is 12.3 Å². The van der Waals surface area contributed by atoms with Crippen molar-refractivity contribution < 1.29 is 27.6 Å². The Labute approximate surface area is 248 Å². The number of para-hydroxylation sites is 1. The SMILES string of the molecule is COc1ccc(CNc2cc(C#Cc3ccccc3N(c3c(C)ccc4cccnc34)S(=O)(=O)O)cnc2C(=O)O)cc1. The summed E-state index contributed by atoms with van der Waals surface area (Å²) in [7, 11) is -3.25. The molecular weight excluding hydrogens is 568 g/mol. The number of hydrogen-bond acceptors (Lipinski definition) is 7. The molecule has 5 rings (SSSR count). The van der Waals surface area contributed by atoms with Crippen LogP contribution in [0.3, 0.4) is 0 Å². The number of benzene rings is 3. The largest absolute Gasteiger partial charge is 0.497 e. The highest BCUT2D eigenvalue weighted by atomic mass is 32.2. The number of nitrogens with zero attached hydrogens (tertiary/aromatic N) is 3. The molecule has 0 saturated carbocycles. The van der Waals surface area contributed by atoms with Gasteiger partial charge in [0.05, 0.1) is 29.7 Å². The highest BCUT2D eigenvalue weighted by molar-refractivity contribution is 7.87. The molecule has 2 aromatic heterocycles. The highest BCUT2D eigenvalue weighted by Gasteiger charge is 2.28. The van der Waals surface area contributed by atoms with Gasteiger partial charge in [-0.3, -0.25) is 9.54 Å². The first-order chi connectivity index (χ1) is 20.7. The van der Waals surface area contributed by atoms with Crippen LogP contribution in [0.4, 0.5) is 17.1 Å². The first-order valence-corrected chi connectivity index (χ1v) is 14.4. The minimum atomic E-state index is -4.82. The van der Waals surface area contributed by atoms with Gasteiger partial charge in [-0.15, -0.1) is 0 Å². The maximum absolute atomic E-state index is 12.9. The maximum atomic E-state index is 12.9. The molecular formula is C32H26N4O6S. The van der Waals surface area contributed by atoms with Gasteiger partial charge in [-0.1, -0.05) is 54.3 Å². The van der Waals surface area contributed by atoms with Crippen LogP contribution in [0.25, 0.3) is 10.9 Å². The summed E-state index contributed by atoms with van der Waals surface area (Å²) in [5.74, 6) is 5.41. The van der Waals surface area contributed by atoms with Crippen LogP contribution in [0.2, 0.25) is 0 Å². The van der Waals surface area contributed by atoms with Crippen molar-refractivity contribution >= 4 is 44.2 Å². The molecule has 5 aromatic rings. The van der Waals surface area contributed by atoms with Crippen molar-refractivity contribution in [3.63, 3.8) is 0 Å². The molecule has 0 saturated heterocycles. The summed E-state index contributed by atoms with van der Waals surface area (Å²) >= 11 is 0. The molecule has 0 aliphatic heterocycles. The first-order valence-electron chi connectivity index (χ1n) is 13.0. The molecule has 0 fully saturated rings. The Morgan fingerprint density at radius 2 is 1.77 bits per heavy atom. The molecule has 216 valence electrons. The van der Waals surface area contributed by atoms with E-state index in [0.29, 0.717) is 39.9 Å². The molecule has 0 radical (unpaired) electrons. The third-order valence-electron chi connectivity index (χ3n) is 6.58. The molecule has 0 amide bonds. The first kappa shape index (κ1) is 29.1. The summed E-state index contributed by atoms with van der Waals surface area (Å²) in [6.07, 6.45) is 2.88. The van der Waals surface area contributed by atoms with Crippen LogP contribution in [0.15, 0.2) is 91.3 Å². The molecule has 0 spiro atoms. The fourth-order valence-electron chi connectivity index (χ4n) is 4.52. The lowest BCUT2D eigenvalue weighted by molar-refractivity contribution is 0.0691. The Kier molecular flexibility index (Phi) is 8.25. The zero-order valence-corrected chi connectivity index (χ0v) is 24.0. The summed E-state index contributed by atoms with van der Waals surface area (Å²) < 4.78 is 42.1. The van der Waals surface area contributed by atoms with Crippen molar-refractivity contribution in [2.75, 3.05) is 16.7 Å². The second kappa shape index (κ2) is 12.2. The van der Waals surface area contributed by atoms with Crippen LogP contribution in [0.1, 0.15) is 32.7 Å². The Bertz CT molecular complexity index is 2000. The van der Waals surface area contributed by atoms with Crippen molar-refractivity contribution in [1.82, 2.24) is 9.97 Å². The number of aryl methyl sites for hydroxylation is 1. The van der Waals surface area contributed by atoms with Gasteiger partial charge in [0.2, 0.25) is 0 Å². The number of pyridine rings is 2. The van der Waals surface area contributed by atoms with E-state index in [1.807, 2.05) is 18.2 Å². The van der Waals surface area contributed by atoms with Crippen molar-refractivity contribution in [3.05, 3.63) is 119 Å². The Balaban J connectivity index is 1.54. The van der Waals surface area contributed by atoms with Gasteiger partial charge in [-0.25, -0.2) is 14.1 Å². The van der Waals surface area contributed by atoms with Gasteiger partial charge in [0.1, 0.15) is 5.75 Å². The Hall–Kier alpha value is -5.44. The number of aromatic carboxylic acids is 1. The number of nitrogens with one attached hydrogen (secondary N) is 1. The summed E-state index contributed by atoms with van der Waals surface area (Å²) in [5, 5.41) is 13.5. The quantitative estimate of drug-likeness (QED) is 0.155. The van der Waals surface area contributed by atoms with Crippen LogP contribution < -0.4 is 14.4 Å². The van der Waals surface area contributed by atoms with Crippen molar-refractivity contribution in [1.29, 1.82) is 0 Å². The van der Waals surface area contributed by atoms with Crippen LogP contribution in [0.5, 0.6) is 5.75 Å². The van der Waals surface area contributed by atoms with Gasteiger partial charge < -0.3 is 15.2 Å².